The van der Waals surface area contributed by atoms with Crippen LogP contribution in [-0.4, -0.2) is 34.1 Å². The Bertz CT molecular complexity index is 1260. The minimum atomic E-state index is -1.34. The molecule has 164 valence electrons. The number of hydrogen-bond acceptors (Lipinski definition) is 6. The summed E-state index contributed by atoms with van der Waals surface area (Å²) in [4.78, 5) is 32.2. The minimum absolute atomic E-state index is 0.135. The molecule has 1 aliphatic heterocycles. The number of ether oxygens (including phenoxy) is 1. The van der Waals surface area contributed by atoms with E-state index < -0.39 is 17.5 Å². The number of hydrogen-bond donors (Lipinski definition) is 1. The van der Waals surface area contributed by atoms with E-state index in [4.69, 9.17) is 9.26 Å². The Labute approximate surface area is 189 Å². The molecule has 1 aliphatic rings. The number of imide groups is 1. The van der Waals surface area contributed by atoms with Crippen molar-refractivity contribution < 1.29 is 18.8 Å². The molecule has 2 heterocycles. The molecule has 0 unspecified atom stereocenters. The van der Waals surface area contributed by atoms with Crippen LogP contribution in [-0.2, 0) is 16.9 Å². The Balaban J connectivity index is 1.49. The topological polar surface area (TPSA) is 97.6 Å². The van der Waals surface area contributed by atoms with Gasteiger partial charge in [-0.3, -0.25) is 9.69 Å². The molecule has 1 saturated heterocycles. The quantitative estimate of drug-likeness (QED) is 0.459. The van der Waals surface area contributed by atoms with E-state index in [-0.39, 0.29) is 12.4 Å². The summed E-state index contributed by atoms with van der Waals surface area (Å²) in [5.74, 6) is 0.622. The molecule has 0 radical (unpaired) electrons. The number of para-hydroxylation sites is 1. The molecule has 8 heteroatoms. The fourth-order valence-corrected chi connectivity index (χ4v) is 4.05. The predicted molar refractivity (Wildman–Crippen MR) is 119 cm³/mol. The van der Waals surface area contributed by atoms with Crippen LogP contribution in [0.15, 0.2) is 89.5 Å². The van der Waals surface area contributed by atoms with Crippen molar-refractivity contribution >= 4 is 11.9 Å². The van der Waals surface area contributed by atoms with Gasteiger partial charge in [0.05, 0.1) is 12.7 Å². The molecular formula is C25H20N4O4. The second-order valence-corrected chi connectivity index (χ2v) is 7.52. The number of rotatable bonds is 6. The minimum Gasteiger partial charge on any atom is -0.496 e. The van der Waals surface area contributed by atoms with Gasteiger partial charge in [-0.15, -0.1) is 0 Å². The Kier molecular flexibility index (Phi) is 5.10. The van der Waals surface area contributed by atoms with Crippen LogP contribution in [0.5, 0.6) is 5.75 Å². The number of benzene rings is 3. The van der Waals surface area contributed by atoms with E-state index in [0.717, 1.165) is 4.90 Å². The number of aromatic nitrogens is 2. The van der Waals surface area contributed by atoms with Crippen LogP contribution in [0.4, 0.5) is 4.79 Å². The van der Waals surface area contributed by atoms with Gasteiger partial charge in [-0.25, -0.2) is 4.79 Å². The molecule has 1 fully saturated rings. The molecule has 1 aromatic heterocycles. The summed E-state index contributed by atoms with van der Waals surface area (Å²) in [5.41, 5.74) is 0.634. The Morgan fingerprint density at radius 1 is 0.909 bits per heavy atom. The third-order valence-electron chi connectivity index (χ3n) is 5.63. The first-order chi connectivity index (χ1) is 16.1. The summed E-state index contributed by atoms with van der Waals surface area (Å²) in [5, 5.41) is 6.91. The van der Waals surface area contributed by atoms with E-state index in [1.165, 1.54) is 0 Å². The van der Waals surface area contributed by atoms with Crippen LogP contribution in [0, 0.1) is 0 Å². The van der Waals surface area contributed by atoms with Gasteiger partial charge in [0.2, 0.25) is 11.7 Å². The van der Waals surface area contributed by atoms with Crippen LogP contribution in [0.2, 0.25) is 0 Å². The predicted octanol–water partition coefficient (Wildman–Crippen LogP) is 3.74. The number of nitrogens with zero attached hydrogens (tertiary/aromatic N) is 3. The van der Waals surface area contributed by atoms with Crippen LogP contribution < -0.4 is 10.1 Å². The second kappa shape index (κ2) is 8.23. The zero-order valence-electron chi connectivity index (χ0n) is 17.8. The molecule has 4 aromatic rings. The van der Waals surface area contributed by atoms with E-state index in [2.05, 4.69) is 15.5 Å². The Morgan fingerprint density at radius 2 is 1.52 bits per heavy atom. The van der Waals surface area contributed by atoms with Crippen molar-refractivity contribution in [3.05, 3.63) is 102 Å². The zero-order chi connectivity index (χ0) is 22.8. The highest BCUT2D eigenvalue weighted by molar-refractivity contribution is 6.09. The van der Waals surface area contributed by atoms with Crippen molar-refractivity contribution in [3.8, 4) is 17.1 Å². The van der Waals surface area contributed by atoms with Gasteiger partial charge in [-0.05, 0) is 23.3 Å². The first-order valence-corrected chi connectivity index (χ1v) is 10.3. The number of methoxy groups -OCH3 is 1. The zero-order valence-corrected chi connectivity index (χ0v) is 17.8. The molecule has 8 nitrogen and oxygen atoms in total. The summed E-state index contributed by atoms with van der Waals surface area (Å²) >= 11 is 0. The molecular weight excluding hydrogens is 420 g/mol. The molecule has 0 saturated carbocycles. The van der Waals surface area contributed by atoms with Gasteiger partial charge in [0.15, 0.2) is 5.54 Å². The van der Waals surface area contributed by atoms with Crippen LogP contribution in [0.1, 0.15) is 17.0 Å². The summed E-state index contributed by atoms with van der Waals surface area (Å²) in [6.07, 6.45) is 0. The average molecular weight is 440 g/mol. The van der Waals surface area contributed by atoms with Gasteiger partial charge >= 0.3 is 6.03 Å². The fraction of sp³-hybridized carbons (Fsp3) is 0.120. The van der Waals surface area contributed by atoms with Gasteiger partial charge in [0.1, 0.15) is 12.3 Å². The lowest BCUT2D eigenvalue weighted by Crippen LogP contribution is -2.45. The molecule has 0 aliphatic carbocycles. The van der Waals surface area contributed by atoms with Gasteiger partial charge < -0.3 is 14.6 Å². The summed E-state index contributed by atoms with van der Waals surface area (Å²) < 4.78 is 10.7. The van der Waals surface area contributed by atoms with E-state index in [1.54, 1.807) is 19.2 Å². The largest absolute Gasteiger partial charge is 0.496 e. The third-order valence-corrected chi connectivity index (χ3v) is 5.63. The lowest BCUT2D eigenvalue weighted by atomic mass is 9.82. The number of carbonyl (C=O) groups is 2. The normalized spacial score (nSPS) is 14.9. The molecule has 0 atom stereocenters. The SMILES string of the molecule is COc1ccccc1-c1noc(CN2C(=O)NC(c3ccccc3)(c3ccccc3)C2=O)n1. The average Bonchev–Trinajstić information content (AvgIpc) is 3.44. The summed E-state index contributed by atoms with van der Waals surface area (Å²) in [7, 11) is 1.56. The summed E-state index contributed by atoms with van der Waals surface area (Å²) in [6.45, 7) is -0.158. The first kappa shape index (κ1) is 20.4. The van der Waals surface area contributed by atoms with Crippen molar-refractivity contribution in [2.45, 2.75) is 12.1 Å². The second-order valence-electron chi connectivity index (χ2n) is 7.52. The Hall–Kier alpha value is -4.46. The first-order valence-electron chi connectivity index (χ1n) is 10.3. The number of carbonyl (C=O) groups excluding carboxylic acids is 2. The van der Waals surface area contributed by atoms with Crippen molar-refractivity contribution in [2.75, 3.05) is 7.11 Å². The maximum Gasteiger partial charge on any atom is 0.326 e. The smallest absolute Gasteiger partial charge is 0.326 e. The van der Waals surface area contributed by atoms with Crippen LogP contribution in [0.3, 0.4) is 0 Å². The molecule has 5 rings (SSSR count). The van der Waals surface area contributed by atoms with Crippen molar-refractivity contribution in [3.63, 3.8) is 0 Å². The van der Waals surface area contributed by atoms with Gasteiger partial charge in [0.25, 0.3) is 5.91 Å². The Morgan fingerprint density at radius 3 is 2.15 bits per heavy atom. The molecule has 1 N–H and O–H groups in total. The van der Waals surface area contributed by atoms with E-state index in [9.17, 15) is 9.59 Å². The number of amides is 3. The third kappa shape index (κ3) is 3.41. The van der Waals surface area contributed by atoms with Crippen molar-refractivity contribution in [2.24, 2.45) is 0 Å². The molecule has 0 spiro atoms. The highest BCUT2D eigenvalue weighted by atomic mass is 16.5. The van der Waals surface area contributed by atoms with Crippen LogP contribution >= 0.6 is 0 Å². The number of nitrogens with one attached hydrogen (secondary N) is 1. The lowest BCUT2D eigenvalue weighted by molar-refractivity contribution is -0.130. The van der Waals surface area contributed by atoms with E-state index in [1.807, 2.05) is 72.8 Å². The summed E-state index contributed by atoms with van der Waals surface area (Å²) in [6, 6.07) is 25.1. The highest BCUT2D eigenvalue weighted by Gasteiger charge is 2.54. The molecule has 0 bridgehead atoms. The molecule has 3 amide bonds. The fourth-order valence-electron chi connectivity index (χ4n) is 4.05. The highest BCUT2D eigenvalue weighted by Crippen LogP contribution is 2.36. The van der Waals surface area contributed by atoms with Gasteiger partial charge in [0, 0.05) is 0 Å². The maximum absolute atomic E-state index is 13.8. The van der Waals surface area contributed by atoms with E-state index in [0.29, 0.717) is 28.3 Å². The standard InChI is InChI=1S/C25H20N4O4/c1-32-20-15-9-8-14-19(20)22-26-21(33-28-22)16-29-23(30)25(27-24(29)31,17-10-4-2-5-11-17)18-12-6-3-7-13-18/h2-15H,16H2,1H3,(H,27,31). The monoisotopic (exact) mass is 440 g/mol. The van der Waals surface area contributed by atoms with Crippen molar-refractivity contribution in [1.29, 1.82) is 0 Å². The molecule has 3 aromatic carbocycles. The van der Waals surface area contributed by atoms with Gasteiger partial charge in [-0.2, -0.15) is 4.98 Å². The van der Waals surface area contributed by atoms with Crippen LogP contribution in [0.25, 0.3) is 11.4 Å². The number of urea groups is 1. The van der Waals surface area contributed by atoms with Gasteiger partial charge in [-0.1, -0.05) is 78.0 Å². The van der Waals surface area contributed by atoms with E-state index >= 15 is 0 Å². The lowest BCUT2D eigenvalue weighted by Gasteiger charge is -2.27. The van der Waals surface area contributed by atoms with Crippen molar-refractivity contribution in [1.82, 2.24) is 20.4 Å². The maximum atomic E-state index is 13.8. The molecule has 33 heavy (non-hydrogen) atoms.